The third-order valence-corrected chi connectivity index (χ3v) is 9.56. The highest BCUT2D eigenvalue weighted by Gasteiger charge is 2.57. The monoisotopic (exact) mass is 758 g/mol. The van der Waals surface area contributed by atoms with Crippen LogP contribution in [0.4, 0.5) is 22.0 Å². The molecule has 280 valence electrons. The molecule has 1 atom stereocenters. The van der Waals surface area contributed by atoms with E-state index < -0.39 is 41.0 Å². The molecule has 0 spiro atoms. The van der Waals surface area contributed by atoms with E-state index >= 15 is 8.78 Å². The number of benzene rings is 3. The molecule has 56 heavy (non-hydrogen) atoms. The highest BCUT2D eigenvalue weighted by atomic mass is 19.3. The molecule has 0 radical (unpaired) electrons. The summed E-state index contributed by atoms with van der Waals surface area (Å²) in [5.74, 6) is -6.79. The van der Waals surface area contributed by atoms with Crippen molar-refractivity contribution in [3.05, 3.63) is 180 Å². The summed E-state index contributed by atoms with van der Waals surface area (Å²) >= 11 is 0. The smallest absolute Gasteiger partial charge is 0.323 e. The molecule has 0 amide bonds. The molecule has 0 saturated carbocycles. The Balaban J connectivity index is 0.960. The van der Waals surface area contributed by atoms with Crippen molar-refractivity contribution in [2.45, 2.75) is 31.2 Å². The summed E-state index contributed by atoms with van der Waals surface area (Å²) < 4.78 is 77.4. The van der Waals surface area contributed by atoms with Gasteiger partial charge in [0.2, 0.25) is 0 Å². The molecular formula is C42H31F5N8O. The molecule has 0 saturated heterocycles. The number of nitrogens with zero attached hydrogens (tertiary/aromatic N) is 7. The number of hydrogen-bond donors (Lipinski definition) is 2. The molecule has 8 aromatic rings. The Bertz CT molecular complexity index is 2600. The fourth-order valence-corrected chi connectivity index (χ4v) is 6.66. The van der Waals surface area contributed by atoms with Crippen LogP contribution in [0.3, 0.4) is 0 Å². The summed E-state index contributed by atoms with van der Waals surface area (Å²) in [5.41, 5.74) is 2.66. The molecule has 1 unspecified atom stereocenters. The minimum absolute atomic E-state index is 0.323. The summed E-state index contributed by atoms with van der Waals surface area (Å²) in [5, 5.41) is 23.6. The fourth-order valence-electron chi connectivity index (χ4n) is 6.66. The van der Waals surface area contributed by atoms with Crippen molar-refractivity contribution in [2.75, 3.05) is 0 Å². The highest BCUT2D eigenvalue weighted by molar-refractivity contribution is 5.92. The van der Waals surface area contributed by atoms with Crippen molar-refractivity contribution >= 4 is 5.52 Å². The van der Waals surface area contributed by atoms with Gasteiger partial charge in [-0.05, 0) is 82.9 Å². The van der Waals surface area contributed by atoms with Crippen LogP contribution in [0.1, 0.15) is 22.4 Å². The third-order valence-electron chi connectivity index (χ3n) is 9.56. The Labute approximate surface area is 316 Å². The number of aromatic nitrogens is 7. The van der Waals surface area contributed by atoms with Crippen molar-refractivity contribution < 1.29 is 27.1 Å². The number of pyridine rings is 3. The number of halogens is 5. The van der Waals surface area contributed by atoms with Gasteiger partial charge in [-0.1, -0.05) is 36.4 Å². The minimum atomic E-state index is -4.14. The van der Waals surface area contributed by atoms with Gasteiger partial charge in [0.25, 0.3) is 0 Å². The van der Waals surface area contributed by atoms with Gasteiger partial charge in [0.05, 0.1) is 12.1 Å². The van der Waals surface area contributed by atoms with Crippen LogP contribution in [-0.4, -0.2) is 39.5 Å². The van der Waals surface area contributed by atoms with Gasteiger partial charge in [0, 0.05) is 66.2 Å². The maximum Gasteiger partial charge on any atom is 0.323 e. The predicted octanol–water partition coefficient (Wildman–Crippen LogP) is 8.10. The standard InChI is InChI=1S/C42H31F5N8O/c43-33-9-6-31(7-10-33)40-39(30-15-17-48-18-16-30)37-13-3-28(23-55(37)53-40)21-49-20-27-1-4-29(5-2-27)32-8-14-38(51-22-32)42(46,47)41(56,24-54-26-50-25-52-54)35-12-11-34(44)19-36(35)45/h1-19,22-23,25-26,49,56H,20-21,24H2. The lowest BCUT2D eigenvalue weighted by molar-refractivity contribution is -0.207. The Morgan fingerprint density at radius 1 is 0.696 bits per heavy atom. The highest BCUT2D eigenvalue weighted by Crippen LogP contribution is 2.47. The zero-order valence-corrected chi connectivity index (χ0v) is 29.4. The molecular weight excluding hydrogens is 728 g/mol. The zero-order valence-electron chi connectivity index (χ0n) is 29.4. The van der Waals surface area contributed by atoms with Gasteiger partial charge in [-0.15, -0.1) is 0 Å². The summed E-state index contributed by atoms with van der Waals surface area (Å²) in [7, 11) is 0. The third kappa shape index (κ3) is 7.03. The average molecular weight is 759 g/mol. The van der Waals surface area contributed by atoms with Gasteiger partial charge in [0.1, 0.15) is 41.5 Å². The molecule has 9 nitrogen and oxygen atoms in total. The van der Waals surface area contributed by atoms with Crippen LogP contribution in [0.2, 0.25) is 0 Å². The predicted molar refractivity (Wildman–Crippen MR) is 198 cm³/mol. The number of nitrogens with one attached hydrogen (secondary N) is 1. The van der Waals surface area contributed by atoms with E-state index in [0.29, 0.717) is 30.3 Å². The van der Waals surface area contributed by atoms with E-state index in [1.165, 1.54) is 24.4 Å². The molecule has 2 N–H and O–H groups in total. The second-order valence-corrected chi connectivity index (χ2v) is 13.2. The molecule has 0 aliphatic heterocycles. The van der Waals surface area contributed by atoms with Crippen molar-refractivity contribution in [1.29, 1.82) is 0 Å². The van der Waals surface area contributed by atoms with Gasteiger partial charge in [-0.2, -0.15) is 19.0 Å². The first-order chi connectivity index (χ1) is 27.1. The van der Waals surface area contributed by atoms with Gasteiger partial charge in [0.15, 0.2) is 5.60 Å². The summed E-state index contributed by atoms with van der Waals surface area (Å²) in [6, 6.07) is 26.1. The van der Waals surface area contributed by atoms with E-state index in [-0.39, 0.29) is 5.82 Å². The van der Waals surface area contributed by atoms with Crippen LogP contribution >= 0.6 is 0 Å². The van der Waals surface area contributed by atoms with Crippen LogP contribution in [0.15, 0.2) is 141 Å². The molecule has 0 bridgehead atoms. The van der Waals surface area contributed by atoms with Crippen molar-refractivity contribution in [2.24, 2.45) is 0 Å². The zero-order chi connectivity index (χ0) is 38.9. The van der Waals surface area contributed by atoms with E-state index in [9.17, 15) is 18.3 Å². The second kappa shape index (κ2) is 14.9. The lowest BCUT2D eigenvalue weighted by Gasteiger charge is -2.36. The number of aliphatic hydroxyl groups is 1. The lowest BCUT2D eigenvalue weighted by Crippen LogP contribution is -2.48. The van der Waals surface area contributed by atoms with Crippen LogP contribution in [0.25, 0.3) is 39.0 Å². The molecule has 0 aliphatic rings. The first kappa shape index (κ1) is 36.3. The SMILES string of the molecule is OC(Cn1cncn1)(c1ccc(F)cc1F)C(F)(F)c1ccc(-c2ccc(CNCc3ccc4c(-c5ccncc5)c(-c5ccc(F)cc5)nn4c3)cc2)cn1. The Kier molecular flexibility index (Phi) is 9.66. The number of fused-ring (bicyclic) bond motifs is 1. The summed E-state index contributed by atoms with van der Waals surface area (Å²) in [6.07, 6.45) is 8.84. The lowest BCUT2D eigenvalue weighted by atomic mass is 9.84. The Hall–Kier alpha value is -6.64. The maximum absolute atomic E-state index is 16.2. The van der Waals surface area contributed by atoms with Crippen LogP contribution in [0, 0.1) is 17.5 Å². The molecule has 8 rings (SSSR count). The van der Waals surface area contributed by atoms with Crippen LogP contribution in [-0.2, 0) is 31.2 Å². The first-order valence-corrected chi connectivity index (χ1v) is 17.4. The number of hydrogen-bond acceptors (Lipinski definition) is 7. The fraction of sp³-hybridized carbons (Fsp3) is 0.119. The first-order valence-electron chi connectivity index (χ1n) is 17.4. The molecule has 14 heteroatoms. The van der Waals surface area contributed by atoms with Gasteiger partial charge in [-0.25, -0.2) is 27.4 Å². The van der Waals surface area contributed by atoms with Gasteiger partial charge < -0.3 is 10.4 Å². The van der Waals surface area contributed by atoms with E-state index in [4.69, 9.17) is 5.10 Å². The number of rotatable bonds is 12. The van der Waals surface area contributed by atoms with Crippen molar-refractivity contribution in [3.63, 3.8) is 0 Å². The van der Waals surface area contributed by atoms with Crippen molar-refractivity contribution in [1.82, 2.24) is 39.7 Å². The van der Waals surface area contributed by atoms with E-state index in [0.717, 1.165) is 74.6 Å². The maximum atomic E-state index is 16.2. The topological polar surface area (TPSA) is 106 Å². The normalized spacial score (nSPS) is 12.9. The minimum Gasteiger partial charge on any atom is -0.377 e. The van der Waals surface area contributed by atoms with E-state index in [1.54, 1.807) is 24.5 Å². The number of alkyl halides is 2. The Morgan fingerprint density at radius 3 is 2.09 bits per heavy atom. The molecule has 5 aromatic heterocycles. The average Bonchev–Trinajstić information content (AvgIpc) is 3.86. The largest absolute Gasteiger partial charge is 0.377 e. The van der Waals surface area contributed by atoms with E-state index in [1.807, 2.05) is 59.2 Å². The molecule has 3 aromatic carbocycles. The van der Waals surface area contributed by atoms with Crippen molar-refractivity contribution in [3.8, 4) is 33.5 Å². The van der Waals surface area contributed by atoms with Gasteiger partial charge in [-0.3, -0.25) is 9.97 Å². The molecule has 0 fully saturated rings. The molecule has 5 heterocycles. The summed E-state index contributed by atoms with van der Waals surface area (Å²) in [6.45, 7) is 0.192. The Morgan fingerprint density at radius 2 is 1.39 bits per heavy atom. The second-order valence-electron chi connectivity index (χ2n) is 13.2. The van der Waals surface area contributed by atoms with Crippen LogP contribution in [0.5, 0.6) is 0 Å². The summed E-state index contributed by atoms with van der Waals surface area (Å²) in [4.78, 5) is 11.8. The van der Waals surface area contributed by atoms with Gasteiger partial charge >= 0.3 is 5.92 Å². The quantitative estimate of drug-likeness (QED) is 0.121. The van der Waals surface area contributed by atoms with E-state index in [2.05, 4.69) is 25.4 Å². The van der Waals surface area contributed by atoms with Crippen LogP contribution < -0.4 is 5.32 Å². The molecule has 0 aliphatic carbocycles.